The molecule has 1 aliphatic rings. The number of carbonyl (C=O) groups is 1. The molecule has 1 aliphatic heterocycles. The van der Waals surface area contributed by atoms with Crippen LogP contribution in [0.4, 0.5) is 0 Å². The highest BCUT2D eigenvalue weighted by molar-refractivity contribution is 5.98. The molecule has 7 heteroatoms. The van der Waals surface area contributed by atoms with E-state index < -0.39 is 0 Å². The number of oxime groups is 1. The summed E-state index contributed by atoms with van der Waals surface area (Å²) in [5, 5.41) is 20.1. The number of rotatable bonds is 3. The molecule has 0 bridgehead atoms. The van der Waals surface area contributed by atoms with Crippen LogP contribution in [0.15, 0.2) is 5.16 Å². The molecule has 0 aliphatic carbocycles. The zero-order valence-corrected chi connectivity index (χ0v) is 8.30. The average Bonchev–Trinajstić information content (AvgIpc) is 2.28. The largest absolute Gasteiger partial charge is 0.409 e. The van der Waals surface area contributed by atoms with Crippen LogP contribution in [0.3, 0.4) is 0 Å². The number of aliphatic hydroxyl groups excluding tert-OH is 1. The Morgan fingerprint density at radius 2 is 2.40 bits per heavy atom. The highest BCUT2D eigenvalue weighted by atomic mass is 16.5. The van der Waals surface area contributed by atoms with Gasteiger partial charge in [-0.25, -0.2) is 0 Å². The minimum atomic E-state index is -0.335. The molecular weight excluding hydrogens is 202 g/mol. The summed E-state index contributed by atoms with van der Waals surface area (Å²) in [4.78, 5) is 13.1. The van der Waals surface area contributed by atoms with Gasteiger partial charge in [0, 0.05) is 6.54 Å². The molecule has 1 heterocycles. The third-order valence-electron chi connectivity index (χ3n) is 2.22. The molecule has 1 amide bonds. The molecule has 1 unspecified atom stereocenters. The molecule has 1 atom stereocenters. The third-order valence-corrected chi connectivity index (χ3v) is 2.22. The van der Waals surface area contributed by atoms with E-state index in [0.29, 0.717) is 19.8 Å². The Kier molecular flexibility index (Phi) is 4.32. The van der Waals surface area contributed by atoms with Gasteiger partial charge < -0.3 is 25.7 Å². The van der Waals surface area contributed by atoms with Gasteiger partial charge in [-0.2, -0.15) is 0 Å². The van der Waals surface area contributed by atoms with Crippen molar-refractivity contribution >= 4 is 11.7 Å². The van der Waals surface area contributed by atoms with E-state index in [1.807, 2.05) is 0 Å². The maximum atomic E-state index is 11.6. The molecule has 7 nitrogen and oxygen atoms in total. The molecule has 0 aromatic heterocycles. The van der Waals surface area contributed by atoms with Crippen molar-refractivity contribution in [2.45, 2.75) is 12.5 Å². The zero-order chi connectivity index (χ0) is 11.3. The lowest BCUT2D eigenvalue weighted by Crippen LogP contribution is -2.51. The van der Waals surface area contributed by atoms with E-state index in [4.69, 9.17) is 20.8 Å². The fourth-order valence-corrected chi connectivity index (χ4v) is 1.43. The number of hydrogen-bond donors (Lipinski definition) is 3. The van der Waals surface area contributed by atoms with Gasteiger partial charge in [-0.1, -0.05) is 5.16 Å². The second-order valence-corrected chi connectivity index (χ2v) is 3.27. The average molecular weight is 217 g/mol. The maximum Gasteiger partial charge on any atom is 0.230 e. The Morgan fingerprint density at radius 1 is 1.67 bits per heavy atom. The second kappa shape index (κ2) is 5.52. The van der Waals surface area contributed by atoms with Crippen LogP contribution >= 0.6 is 0 Å². The van der Waals surface area contributed by atoms with E-state index in [1.54, 1.807) is 0 Å². The number of ether oxygens (including phenoxy) is 1. The van der Waals surface area contributed by atoms with Crippen molar-refractivity contribution in [3.8, 4) is 0 Å². The fraction of sp³-hybridized carbons (Fsp3) is 0.750. The second-order valence-electron chi connectivity index (χ2n) is 3.27. The molecule has 0 aromatic carbocycles. The molecule has 1 rings (SSSR count). The first-order chi connectivity index (χ1) is 7.19. The van der Waals surface area contributed by atoms with Crippen molar-refractivity contribution in [3.05, 3.63) is 0 Å². The SMILES string of the molecule is NC(CC(=O)N1CCOCC1CO)=NO. The van der Waals surface area contributed by atoms with Crippen molar-refractivity contribution in [3.63, 3.8) is 0 Å². The summed E-state index contributed by atoms with van der Waals surface area (Å²) in [7, 11) is 0. The highest BCUT2D eigenvalue weighted by Crippen LogP contribution is 2.08. The summed E-state index contributed by atoms with van der Waals surface area (Å²) in [6, 6.07) is -0.335. The number of amides is 1. The Labute approximate surface area is 87.1 Å². The molecule has 0 spiro atoms. The van der Waals surface area contributed by atoms with Gasteiger partial charge in [0.05, 0.1) is 32.3 Å². The molecular formula is C8H15N3O4. The molecule has 1 fully saturated rings. The van der Waals surface area contributed by atoms with Crippen LogP contribution < -0.4 is 5.73 Å². The van der Waals surface area contributed by atoms with Gasteiger partial charge in [-0.15, -0.1) is 0 Å². The molecule has 86 valence electrons. The molecule has 4 N–H and O–H groups in total. The Bertz CT molecular complexity index is 256. The topological polar surface area (TPSA) is 108 Å². The summed E-state index contributed by atoms with van der Waals surface area (Å²) < 4.78 is 5.12. The van der Waals surface area contributed by atoms with Crippen LogP contribution in [0.25, 0.3) is 0 Å². The summed E-state index contributed by atoms with van der Waals surface area (Å²) in [5.74, 6) is -0.407. The lowest BCUT2D eigenvalue weighted by atomic mass is 10.2. The summed E-state index contributed by atoms with van der Waals surface area (Å²) in [6.45, 7) is 1.03. The fourth-order valence-electron chi connectivity index (χ4n) is 1.43. The number of nitrogens with two attached hydrogens (primary N) is 1. The minimum Gasteiger partial charge on any atom is -0.409 e. The molecule has 1 saturated heterocycles. The quantitative estimate of drug-likeness (QED) is 0.227. The zero-order valence-electron chi connectivity index (χ0n) is 8.30. The number of nitrogens with zero attached hydrogens (tertiary/aromatic N) is 2. The van der Waals surface area contributed by atoms with Gasteiger partial charge >= 0.3 is 0 Å². The van der Waals surface area contributed by atoms with Crippen molar-refractivity contribution < 1.29 is 19.8 Å². The van der Waals surface area contributed by atoms with E-state index in [1.165, 1.54) is 4.90 Å². The van der Waals surface area contributed by atoms with E-state index in [0.717, 1.165) is 0 Å². The molecule has 15 heavy (non-hydrogen) atoms. The van der Waals surface area contributed by atoms with Crippen molar-refractivity contribution in [1.82, 2.24) is 4.90 Å². The van der Waals surface area contributed by atoms with Crippen LogP contribution in [-0.4, -0.2) is 59.4 Å². The first kappa shape index (κ1) is 11.7. The maximum absolute atomic E-state index is 11.6. The van der Waals surface area contributed by atoms with Gasteiger partial charge in [-0.3, -0.25) is 4.79 Å². The predicted octanol–water partition coefficient (Wildman–Crippen LogP) is -1.66. The summed E-state index contributed by atoms with van der Waals surface area (Å²) in [6.07, 6.45) is -0.146. The first-order valence-electron chi connectivity index (χ1n) is 4.63. The van der Waals surface area contributed by atoms with Crippen LogP contribution in [0.1, 0.15) is 6.42 Å². The Hall–Kier alpha value is -1.34. The summed E-state index contributed by atoms with van der Waals surface area (Å²) >= 11 is 0. The Morgan fingerprint density at radius 3 is 3.00 bits per heavy atom. The highest BCUT2D eigenvalue weighted by Gasteiger charge is 2.26. The van der Waals surface area contributed by atoms with E-state index in [9.17, 15) is 4.79 Å². The van der Waals surface area contributed by atoms with Gasteiger partial charge in [0.2, 0.25) is 5.91 Å². The van der Waals surface area contributed by atoms with Gasteiger partial charge in [0.15, 0.2) is 0 Å². The van der Waals surface area contributed by atoms with E-state index in [2.05, 4.69) is 5.16 Å². The summed E-state index contributed by atoms with van der Waals surface area (Å²) in [5.41, 5.74) is 5.23. The first-order valence-corrected chi connectivity index (χ1v) is 4.63. The van der Waals surface area contributed by atoms with Gasteiger partial charge in [-0.05, 0) is 0 Å². The standard InChI is InChI=1S/C8H15N3O4/c9-7(10-14)3-8(13)11-1-2-15-5-6(11)4-12/h6,12,14H,1-5H2,(H2,9,10). The van der Waals surface area contributed by atoms with Gasteiger partial charge in [0.1, 0.15) is 5.84 Å². The molecule has 0 saturated carbocycles. The van der Waals surface area contributed by atoms with Crippen LogP contribution in [-0.2, 0) is 9.53 Å². The van der Waals surface area contributed by atoms with Crippen molar-refractivity contribution in [1.29, 1.82) is 0 Å². The van der Waals surface area contributed by atoms with Crippen molar-refractivity contribution in [2.75, 3.05) is 26.4 Å². The van der Waals surface area contributed by atoms with Gasteiger partial charge in [0.25, 0.3) is 0 Å². The monoisotopic (exact) mass is 217 g/mol. The third kappa shape index (κ3) is 3.07. The predicted molar refractivity (Wildman–Crippen MR) is 51.4 cm³/mol. The number of hydrogen-bond acceptors (Lipinski definition) is 5. The lowest BCUT2D eigenvalue weighted by Gasteiger charge is -2.34. The van der Waals surface area contributed by atoms with Crippen LogP contribution in [0, 0.1) is 0 Å². The van der Waals surface area contributed by atoms with Crippen LogP contribution in [0.5, 0.6) is 0 Å². The Balaban J connectivity index is 2.56. The lowest BCUT2D eigenvalue weighted by molar-refractivity contribution is -0.140. The number of morpholine rings is 1. The smallest absolute Gasteiger partial charge is 0.230 e. The normalized spacial score (nSPS) is 22.9. The number of carbonyl (C=O) groups excluding carboxylic acids is 1. The van der Waals surface area contributed by atoms with Crippen molar-refractivity contribution in [2.24, 2.45) is 10.9 Å². The number of aliphatic hydroxyl groups is 1. The van der Waals surface area contributed by atoms with Crippen LogP contribution in [0.2, 0.25) is 0 Å². The van der Waals surface area contributed by atoms with E-state index >= 15 is 0 Å². The molecule has 0 aromatic rings. The van der Waals surface area contributed by atoms with E-state index in [-0.39, 0.29) is 30.8 Å². The minimum absolute atomic E-state index is 0.136. The number of amidine groups is 1. The molecule has 0 radical (unpaired) electrons.